The number of hydrogen-bond donors (Lipinski definition) is 0. The van der Waals surface area contributed by atoms with Crippen LogP contribution in [0.25, 0.3) is 0 Å². The van der Waals surface area contributed by atoms with Crippen LogP contribution in [-0.2, 0) is 16.0 Å². The Bertz CT molecular complexity index is 555. The molecule has 1 aromatic rings. The van der Waals surface area contributed by atoms with Gasteiger partial charge in [0.05, 0.1) is 6.42 Å². The molecule has 1 aliphatic rings. The number of halogens is 1. The van der Waals surface area contributed by atoms with Crippen molar-refractivity contribution < 1.29 is 9.59 Å². The molecule has 1 heterocycles. The first kappa shape index (κ1) is 17.8. The summed E-state index contributed by atoms with van der Waals surface area (Å²) in [6, 6.07) is 7.38. The van der Waals surface area contributed by atoms with Crippen LogP contribution in [0.5, 0.6) is 0 Å². The molecular formula is C17H24ClN3O2. The molecule has 0 unspecified atom stereocenters. The van der Waals surface area contributed by atoms with Gasteiger partial charge in [0.15, 0.2) is 0 Å². The molecule has 0 atom stereocenters. The van der Waals surface area contributed by atoms with E-state index in [1.54, 1.807) is 6.07 Å². The van der Waals surface area contributed by atoms with E-state index in [0.717, 1.165) is 12.1 Å². The summed E-state index contributed by atoms with van der Waals surface area (Å²) in [6.07, 6.45) is 0.887. The summed E-state index contributed by atoms with van der Waals surface area (Å²) in [6.45, 7) is 3.20. The Labute approximate surface area is 142 Å². The fraction of sp³-hybridized carbons (Fsp3) is 0.529. The lowest BCUT2D eigenvalue weighted by Gasteiger charge is -2.35. The van der Waals surface area contributed by atoms with E-state index >= 15 is 0 Å². The summed E-state index contributed by atoms with van der Waals surface area (Å²) in [7, 11) is 3.92. The number of carbonyl (C=O) groups is 2. The smallest absolute Gasteiger partial charge is 0.227 e. The Morgan fingerprint density at radius 1 is 1.09 bits per heavy atom. The highest BCUT2D eigenvalue weighted by atomic mass is 35.5. The molecule has 1 aromatic carbocycles. The standard InChI is InChI=1S/C17H24ClN3O2/c1-19(2)7-6-16(22)20-8-10-21(11-9-20)17(23)13-14-4-3-5-15(18)12-14/h3-5,12H,6-11,13H2,1-2H3. The molecule has 2 amide bonds. The van der Waals surface area contributed by atoms with Gasteiger partial charge < -0.3 is 14.7 Å². The molecule has 1 saturated heterocycles. The third-order valence-electron chi connectivity index (χ3n) is 4.00. The van der Waals surface area contributed by atoms with Gasteiger partial charge in [0.2, 0.25) is 11.8 Å². The van der Waals surface area contributed by atoms with Crippen molar-refractivity contribution in [1.82, 2.24) is 14.7 Å². The SMILES string of the molecule is CN(C)CCC(=O)N1CCN(C(=O)Cc2cccc(Cl)c2)CC1. The molecule has 0 radical (unpaired) electrons. The van der Waals surface area contributed by atoms with Gasteiger partial charge in [-0.15, -0.1) is 0 Å². The number of nitrogens with zero attached hydrogens (tertiary/aromatic N) is 3. The lowest BCUT2D eigenvalue weighted by Crippen LogP contribution is -2.51. The Morgan fingerprint density at radius 2 is 1.70 bits per heavy atom. The van der Waals surface area contributed by atoms with Crippen LogP contribution in [-0.4, -0.2) is 73.3 Å². The second-order valence-electron chi connectivity index (χ2n) is 6.12. The molecule has 6 heteroatoms. The van der Waals surface area contributed by atoms with Gasteiger partial charge >= 0.3 is 0 Å². The van der Waals surface area contributed by atoms with E-state index in [9.17, 15) is 9.59 Å². The molecule has 0 bridgehead atoms. The zero-order valence-corrected chi connectivity index (χ0v) is 14.6. The van der Waals surface area contributed by atoms with Crippen LogP contribution in [0, 0.1) is 0 Å². The Morgan fingerprint density at radius 3 is 2.26 bits per heavy atom. The first-order chi connectivity index (χ1) is 11.0. The van der Waals surface area contributed by atoms with Gasteiger partial charge in [-0.05, 0) is 31.8 Å². The van der Waals surface area contributed by atoms with Gasteiger partial charge in [-0.3, -0.25) is 9.59 Å². The van der Waals surface area contributed by atoms with E-state index in [1.807, 2.05) is 47.0 Å². The molecule has 0 saturated carbocycles. The van der Waals surface area contributed by atoms with Crippen molar-refractivity contribution in [3.05, 3.63) is 34.9 Å². The zero-order valence-electron chi connectivity index (χ0n) is 13.8. The molecule has 23 heavy (non-hydrogen) atoms. The molecule has 1 fully saturated rings. The molecule has 2 rings (SSSR count). The van der Waals surface area contributed by atoms with Crippen LogP contribution in [0.3, 0.4) is 0 Å². The molecule has 5 nitrogen and oxygen atoms in total. The summed E-state index contributed by atoms with van der Waals surface area (Å²) in [5.41, 5.74) is 0.923. The van der Waals surface area contributed by atoms with Gasteiger partial charge in [0, 0.05) is 44.2 Å². The predicted molar refractivity (Wildman–Crippen MR) is 91.5 cm³/mol. The molecule has 126 valence electrons. The molecule has 1 aliphatic heterocycles. The van der Waals surface area contributed by atoms with E-state index in [2.05, 4.69) is 0 Å². The number of amides is 2. The second-order valence-corrected chi connectivity index (χ2v) is 6.56. The van der Waals surface area contributed by atoms with E-state index in [0.29, 0.717) is 44.0 Å². The van der Waals surface area contributed by atoms with Gasteiger partial charge in [-0.2, -0.15) is 0 Å². The van der Waals surface area contributed by atoms with Crippen LogP contribution in [0.1, 0.15) is 12.0 Å². The third-order valence-corrected chi connectivity index (χ3v) is 4.24. The van der Waals surface area contributed by atoms with E-state index in [-0.39, 0.29) is 11.8 Å². The van der Waals surface area contributed by atoms with Crippen LogP contribution in [0.15, 0.2) is 24.3 Å². The van der Waals surface area contributed by atoms with E-state index in [1.165, 1.54) is 0 Å². The summed E-state index contributed by atoms with van der Waals surface area (Å²) in [5.74, 6) is 0.258. The van der Waals surface area contributed by atoms with E-state index < -0.39 is 0 Å². The fourth-order valence-electron chi connectivity index (χ4n) is 2.62. The minimum atomic E-state index is 0.0904. The van der Waals surface area contributed by atoms with Crippen molar-refractivity contribution in [2.75, 3.05) is 46.8 Å². The van der Waals surface area contributed by atoms with Gasteiger partial charge in [-0.25, -0.2) is 0 Å². The molecule has 0 N–H and O–H groups in total. The largest absolute Gasteiger partial charge is 0.339 e. The van der Waals surface area contributed by atoms with Crippen molar-refractivity contribution in [3.63, 3.8) is 0 Å². The molecular weight excluding hydrogens is 314 g/mol. The highest BCUT2D eigenvalue weighted by Crippen LogP contribution is 2.13. The average Bonchev–Trinajstić information content (AvgIpc) is 2.52. The minimum absolute atomic E-state index is 0.0904. The maximum absolute atomic E-state index is 12.3. The number of hydrogen-bond acceptors (Lipinski definition) is 3. The first-order valence-electron chi connectivity index (χ1n) is 7.90. The van der Waals surface area contributed by atoms with Crippen molar-refractivity contribution in [1.29, 1.82) is 0 Å². The van der Waals surface area contributed by atoms with Crippen molar-refractivity contribution in [2.45, 2.75) is 12.8 Å². The number of rotatable bonds is 5. The quantitative estimate of drug-likeness (QED) is 0.818. The minimum Gasteiger partial charge on any atom is -0.339 e. The lowest BCUT2D eigenvalue weighted by molar-refractivity contribution is -0.139. The molecule has 0 spiro atoms. The predicted octanol–water partition coefficient (Wildman–Crippen LogP) is 1.50. The average molecular weight is 338 g/mol. The fourth-order valence-corrected chi connectivity index (χ4v) is 2.83. The summed E-state index contributed by atoms with van der Waals surface area (Å²) < 4.78 is 0. The van der Waals surface area contributed by atoms with Crippen LogP contribution >= 0.6 is 11.6 Å². The number of benzene rings is 1. The Kier molecular flexibility index (Phi) is 6.42. The molecule has 0 aliphatic carbocycles. The Hall–Kier alpha value is -1.59. The Balaban J connectivity index is 1.79. The number of piperazine rings is 1. The third kappa shape index (κ3) is 5.52. The molecule has 0 aromatic heterocycles. The van der Waals surface area contributed by atoms with Crippen molar-refractivity contribution in [3.8, 4) is 0 Å². The summed E-state index contributed by atoms with van der Waals surface area (Å²) >= 11 is 5.95. The maximum Gasteiger partial charge on any atom is 0.227 e. The summed E-state index contributed by atoms with van der Waals surface area (Å²) in [4.78, 5) is 30.1. The number of carbonyl (C=O) groups excluding carboxylic acids is 2. The van der Waals surface area contributed by atoms with Gasteiger partial charge in [-0.1, -0.05) is 23.7 Å². The van der Waals surface area contributed by atoms with Crippen LogP contribution in [0.4, 0.5) is 0 Å². The lowest BCUT2D eigenvalue weighted by atomic mass is 10.1. The van der Waals surface area contributed by atoms with Crippen LogP contribution < -0.4 is 0 Å². The first-order valence-corrected chi connectivity index (χ1v) is 8.28. The van der Waals surface area contributed by atoms with Crippen LogP contribution in [0.2, 0.25) is 5.02 Å². The topological polar surface area (TPSA) is 43.9 Å². The van der Waals surface area contributed by atoms with E-state index in [4.69, 9.17) is 11.6 Å². The second kappa shape index (κ2) is 8.31. The van der Waals surface area contributed by atoms with Crippen molar-refractivity contribution >= 4 is 23.4 Å². The highest BCUT2D eigenvalue weighted by Gasteiger charge is 2.23. The maximum atomic E-state index is 12.3. The van der Waals surface area contributed by atoms with Gasteiger partial charge in [0.1, 0.15) is 0 Å². The zero-order chi connectivity index (χ0) is 16.8. The normalized spacial score (nSPS) is 15.1. The summed E-state index contributed by atoms with van der Waals surface area (Å²) in [5, 5.41) is 0.645. The van der Waals surface area contributed by atoms with Gasteiger partial charge in [0.25, 0.3) is 0 Å². The monoisotopic (exact) mass is 337 g/mol. The van der Waals surface area contributed by atoms with Crippen molar-refractivity contribution in [2.24, 2.45) is 0 Å². The highest BCUT2D eigenvalue weighted by molar-refractivity contribution is 6.30.